The van der Waals surface area contributed by atoms with Gasteiger partial charge in [-0.1, -0.05) is 0 Å². The molecular weight excluding hydrogens is 160 g/mol. The lowest BCUT2D eigenvalue weighted by atomic mass is 9.96. The van der Waals surface area contributed by atoms with Gasteiger partial charge in [0.1, 0.15) is 0 Å². The molecule has 5 nitrogen and oxygen atoms in total. The third-order valence-corrected chi connectivity index (χ3v) is 2.08. The maximum Gasteiger partial charge on any atom is 0.303 e. The molecule has 0 saturated carbocycles. The first-order valence-electron chi connectivity index (χ1n) is 4.02. The molecule has 1 heterocycles. The predicted molar refractivity (Wildman–Crippen MR) is 42.3 cm³/mol. The van der Waals surface area contributed by atoms with Gasteiger partial charge in [-0.2, -0.15) is 0 Å². The summed E-state index contributed by atoms with van der Waals surface area (Å²) in [6.07, 6.45) is 1.90. The number of hydrogen-bond donors (Lipinski definition) is 1. The highest BCUT2D eigenvalue weighted by Gasteiger charge is 2.21. The second-order valence-corrected chi connectivity index (χ2v) is 3.10. The predicted octanol–water partition coefficient (Wildman–Crippen LogP) is 0.855. The number of nitroso groups, excluding NO2 is 1. The molecular formula is C7H12N2O3. The van der Waals surface area contributed by atoms with E-state index >= 15 is 0 Å². The third-order valence-electron chi connectivity index (χ3n) is 2.08. The molecule has 0 aromatic carbocycles. The highest BCUT2D eigenvalue weighted by molar-refractivity contribution is 5.67. The molecule has 1 aliphatic heterocycles. The number of carboxylic acids is 1. The summed E-state index contributed by atoms with van der Waals surface area (Å²) in [6.45, 7) is 1.16. The Morgan fingerprint density at radius 3 is 3.00 bits per heavy atom. The molecule has 5 heteroatoms. The maximum atomic E-state index is 10.3. The van der Waals surface area contributed by atoms with Crippen LogP contribution in [0.15, 0.2) is 5.29 Å². The molecule has 0 radical (unpaired) electrons. The minimum absolute atomic E-state index is 0.0916. The van der Waals surface area contributed by atoms with Crippen LogP contribution in [0.5, 0.6) is 0 Å². The first-order valence-corrected chi connectivity index (χ1v) is 4.02. The summed E-state index contributed by atoms with van der Waals surface area (Å²) in [7, 11) is 0. The van der Waals surface area contributed by atoms with Crippen molar-refractivity contribution in [2.45, 2.75) is 19.3 Å². The Morgan fingerprint density at radius 1 is 1.67 bits per heavy atom. The molecule has 1 atom stereocenters. The van der Waals surface area contributed by atoms with Crippen molar-refractivity contribution in [2.75, 3.05) is 13.1 Å². The van der Waals surface area contributed by atoms with Gasteiger partial charge in [-0.25, -0.2) is 0 Å². The smallest absolute Gasteiger partial charge is 0.303 e. The summed E-state index contributed by atoms with van der Waals surface area (Å²) in [5, 5.41) is 12.7. The van der Waals surface area contributed by atoms with Crippen molar-refractivity contribution in [3.05, 3.63) is 4.91 Å². The second kappa shape index (κ2) is 4.04. The van der Waals surface area contributed by atoms with Crippen LogP contribution in [0.1, 0.15) is 19.3 Å². The van der Waals surface area contributed by atoms with Crippen molar-refractivity contribution in [1.29, 1.82) is 0 Å². The SMILES string of the molecule is O=NN1CCCC(CC(=O)O)C1. The Hall–Kier alpha value is -1.13. The molecule has 0 bridgehead atoms. The molecule has 1 aliphatic rings. The summed E-state index contributed by atoms with van der Waals surface area (Å²) in [5.74, 6) is -0.707. The zero-order valence-electron chi connectivity index (χ0n) is 6.77. The number of aliphatic carboxylic acids is 1. The lowest BCUT2D eigenvalue weighted by Crippen LogP contribution is -2.32. The fourth-order valence-electron chi connectivity index (χ4n) is 1.53. The van der Waals surface area contributed by atoms with E-state index in [1.54, 1.807) is 0 Å². The van der Waals surface area contributed by atoms with Gasteiger partial charge in [0.25, 0.3) is 0 Å². The van der Waals surface area contributed by atoms with Crippen LogP contribution in [0.25, 0.3) is 0 Å². The third kappa shape index (κ3) is 2.48. The van der Waals surface area contributed by atoms with E-state index in [4.69, 9.17) is 5.11 Å². The van der Waals surface area contributed by atoms with E-state index in [1.807, 2.05) is 0 Å². The van der Waals surface area contributed by atoms with Crippen molar-refractivity contribution in [3.8, 4) is 0 Å². The van der Waals surface area contributed by atoms with Crippen LogP contribution in [-0.2, 0) is 4.79 Å². The molecule has 1 unspecified atom stereocenters. The Morgan fingerprint density at radius 2 is 2.42 bits per heavy atom. The van der Waals surface area contributed by atoms with Gasteiger partial charge in [0.2, 0.25) is 0 Å². The van der Waals surface area contributed by atoms with E-state index < -0.39 is 5.97 Å². The number of carboxylic acid groups (broad SMARTS) is 1. The number of hydrogen-bond acceptors (Lipinski definition) is 3. The Bertz CT molecular complexity index is 183. The molecule has 0 amide bonds. The molecule has 0 spiro atoms. The van der Waals surface area contributed by atoms with E-state index in [0.29, 0.717) is 13.1 Å². The molecule has 12 heavy (non-hydrogen) atoms. The Labute approximate surface area is 70.3 Å². The largest absolute Gasteiger partial charge is 0.481 e. The van der Waals surface area contributed by atoms with Gasteiger partial charge < -0.3 is 5.11 Å². The minimum Gasteiger partial charge on any atom is -0.481 e. The molecule has 1 N–H and O–H groups in total. The maximum absolute atomic E-state index is 10.3. The topological polar surface area (TPSA) is 70.0 Å². The number of nitrogens with zero attached hydrogens (tertiary/aromatic N) is 2. The molecule has 1 saturated heterocycles. The van der Waals surface area contributed by atoms with Gasteiger partial charge in [0, 0.05) is 19.5 Å². The zero-order chi connectivity index (χ0) is 8.97. The van der Waals surface area contributed by atoms with Gasteiger partial charge in [0.05, 0.1) is 5.29 Å². The Kier molecular flexibility index (Phi) is 3.01. The molecule has 0 aliphatic carbocycles. The van der Waals surface area contributed by atoms with Crippen LogP contribution in [0, 0.1) is 10.8 Å². The zero-order valence-corrected chi connectivity index (χ0v) is 6.77. The number of carbonyl (C=O) groups is 1. The van der Waals surface area contributed by atoms with E-state index in [-0.39, 0.29) is 12.3 Å². The van der Waals surface area contributed by atoms with Gasteiger partial charge in [-0.3, -0.25) is 9.80 Å². The van der Waals surface area contributed by atoms with Crippen LogP contribution in [0.3, 0.4) is 0 Å². The van der Waals surface area contributed by atoms with Crippen molar-refractivity contribution < 1.29 is 9.90 Å². The molecule has 1 fully saturated rings. The summed E-state index contributed by atoms with van der Waals surface area (Å²) in [6, 6.07) is 0. The summed E-state index contributed by atoms with van der Waals surface area (Å²) < 4.78 is 0. The summed E-state index contributed by atoms with van der Waals surface area (Å²) >= 11 is 0. The van der Waals surface area contributed by atoms with Crippen molar-refractivity contribution in [1.82, 2.24) is 5.01 Å². The van der Waals surface area contributed by atoms with E-state index in [9.17, 15) is 9.70 Å². The average Bonchev–Trinajstić information content (AvgIpc) is 2.03. The van der Waals surface area contributed by atoms with Crippen LogP contribution < -0.4 is 0 Å². The minimum atomic E-state index is -0.798. The van der Waals surface area contributed by atoms with E-state index in [2.05, 4.69) is 5.29 Å². The molecule has 0 aromatic heterocycles. The quantitative estimate of drug-likeness (QED) is 0.641. The number of piperidine rings is 1. The first kappa shape index (κ1) is 8.96. The number of rotatable bonds is 3. The van der Waals surface area contributed by atoms with E-state index in [0.717, 1.165) is 12.8 Å². The standard InChI is InChI=1S/C7H12N2O3/c10-7(11)4-6-2-1-3-9(5-6)8-12/h6H,1-5H2,(H,10,11). The monoisotopic (exact) mass is 172 g/mol. The normalized spacial score (nSPS) is 23.7. The fraction of sp³-hybridized carbons (Fsp3) is 0.857. The first-order chi connectivity index (χ1) is 5.72. The summed E-state index contributed by atoms with van der Waals surface area (Å²) in [4.78, 5) is 20.5. The lowest BCUT2D eigenvalue weighted by Gasteiger charge is -2.26. The van der Waals surface area contributed by atoms with Gasteiger partial charge in [-0.05, 0) is 18.8 Å². The summed E-state index contributed by atoms with van der Waals surface area (Å²) in [5.41, 5.74) is 0. The average molecular weight is 172 g/mol. The van der Waals surface area contributed by atoms with Crippen LogP contribution >= 0.6 is 0 Å². The van der Waals surface area contributed by atoms with Gasteiger partial charge in [0.15, 0.2) is 0 Å². The fourth-order valence-corrected chi connectivity index (χ4v) is 1.53. The van der Waals surface area contributed by atoms with E-state index in [1.165, 1.54) is 5.01 Å². The van der Waals surface area contributed by atoms with Gasteiger partial charge >= 0.3 is 5.97 Å². The molecule has 0 aromatic rings. The van der Waals surface area contributed by atoms with Crippen molar-refractivity contribution in [3.63, 3.8) is 0 Å². The van der Waals surface area contributed by atoms with Gasteiger partial charge in [-0.15, -0.1) is 4.91 Å². The molecule has 68 valence electrons. The highest BCUT2D eigenvalue weighted by atomic mass is 16.4. The Balaban J connectivity index is 2.35. The van der Waals surface area contributed by atoms with Crippen LogP contribution in [0.2, 0.25) is 0 Å². The van der Waals surface area contributed by atoms with Crippen molar-refractivity contribution in [2.24, 2.45) is 11.2 Å². The lowest BCUT2D eigenvalue weighted by molar-refractivity contribution is -0.138. The highest BCUT2D eigenvalue weighted by Crippen LogP contribution is 2.19. The molecule has 1 rings (SSSR count). The van der Waals surface area contributed by atoms with Crippen molar-refractivity contribution >= 4 is 5.97 Å². The second-order valence-electron chi connectivity index (χ2n) is 3.10. The van der Waals surface area contributed by atoms with Crippen LogP contribution in [-0.4, -0.2) is 29.2 Å². The van der Waals surface area contributed by atoms with Crippen LogP contribution in [0.4, 0.5) is 0 Å².